The van der Waals surface area contributed by atoms with Gasteiger partial charge in [-0.2, -0.15) is 0 Å². The Morgan fingerprint density at radius 3 is 2.71 bits per heavy atom. The van der Waals surface area contributed by atoms with Crippen molar-refractivity contribution in [2.75, 3.05) is 17.7 Å². The molecule has 0 aliphatic heterocycles. The molecule has 2 rings (SSSR count). The summed E-state index contributed by atoms with van der Waals surface area (Å²) < 4.78 is 0. The van der Waals surface area contributed by atoms with Gasteiger partial charge in [0.2, 0.25) is 0 Å². The molecule has 0 unspecified atom stereocenters. The van der Waals surface area contributed by atoms with E-state index >= 15 is 0 Å². The first-order valence-electron chi connectivity index (χ1n) is 5.64. The Hall–Kier alpha value is -2.03. The Morgan fingerprint density at radius 1 is 1.24 bits per heavy atom. The lowest BCUT2D eigenvalue weighted by molar-refractivity contribution is 0.884. The maximum absolute atomic E-state index is 5.81. The van der Waals surface area contributed by atoms with Crippen molar-refractivity contribution in [3.8, 4) is 0 Å². The van der Waals surface area contributed by atoms with E-state index in [0.29, 0.717) is 0 Å². The monoisotopic (exact) mass is 227 g/mol. The lowest BCUT2D eigenvalue weighted by Crippen LogP contribution is -2.17. The normalized spacial score (nSPS) is 10.2. The predicted molar refractivity (Wildman–Crippen MR) is 71.9 cm³/mol. The van der Waals surface area contributed by atoms with Crippen LogP contribution in [0.4, 0.5) is 11.4 Å². The van der Waals surface area contributed by atoms with E-state index in [2.05, 4.69) is 23.0 Å². The zero-order valence-electron chi connectivity index (χ0n) is 10.2. The lowest BCUT2D eigenvalue weighted by atomic mass is 10.1. The summed E-state index contributed by atoms with van der Waals surface area (Å²) in [4.78, 5) is 6.48. The third kappa shape index (κ3) is 2.75. The number of aryl methyl sites for hydroxylation is 1. The largest absolute Gasteiger partial charge is 0.399 e. The Balaban J connectivity index is 2.14. The molecule has 0 atom stereocenters. The summed E-state index contributed by atoms with van der Waals surface area (Å²) in [7, 11) is 2.06. The van der Waals surface area contributed by atoms with Crippen molar-refractivity contribution in [2.45, 2.75) is 13.5 Å². The number of pyridine rings is 1. The zero-order chi connectivity index (χ0) is 12.3. The molecule has 0 fully saturated rings. The molecular weight excluding hydrogens is 210 g/mol. The molecule has 3 heteroatoms. The van der Waals surface area contributed by atoms with E-state index in [0.717, 1.165) is 29.2 Å². The zero-order valence-corrected chi connectivity index (χ0v) is 10.2. The highest BCUT2D eigenvalue weighted by Crippen LogP contribution is 2.20. The minimum Gasteiger partial charge on any atom is -0.399 e. The Labute approximate surface area is 102 Å². The molecule has 0 bridgehead atoms. The number of nitrogens with two attached hydrogens (primary N) is 1. The Bertz CT molecular complexity index is 494. The second kappa shape index (κ2) is 4.87. The van der Waals surface area contributed by atoms with Gasteiger partial charge in [-0.1, -0.05) is 6.07 Å². The summed E-state index contributed by atoms with van der Waals surface area (Å²) in [5.41, 5.74) is 9.97. The smallest absolute Gasteiger partial charge is 0.0598 e. The molecule has 17 heavy (non-hydrogen) atoms. The predicted octanol–water partition coefficient (Wildman–Crippen LogP) is 2.61. The Morgan fingerprint density at radius 2 is 2.06 bits per heavy atom. The Kier molecular flexibility index (Phi) is 3.28. The molecule has 0 saturated carbocycles. The van der Waals surface area contributed by atoms with E-state index in [1.807, 2.05) is 43.5 Å². The van der Waals surface area contributed by atoms with E-state index in [1.165, 1.54) is 0 Å². The fourth-order valence-electron chi connectivity index (χ4n) is 1.72. The van der Waals surface area contributed by atoms with E-state index in [9.17, 15) is 0 Å². The van der Waals surface area contributed by atoms with Gasteiger partial charge in [0.05, 0.1) is 12.2 Å². The average Bonchev–Trinajstić information content (AvgIpc) is 2.34. The maximum Gasteiger partial charge on any atom is 0.0598 e. The van der Waals surface area contributed by atoms with Crippen molar-refractivity contribution < 1.29 is 0 Å². The van der Waals surface area contributed by atoms with Crippen molar-refractivity contribution in [3.63, 3.8) is 0 Å². The van der Waals surface area contributed by atoms with Crippen LogP contribution in [0.5, 0.6) is 0 Å². The van der Waals surface area contributed by atoms with Gasteiger partial charge < -0.3 is 10.6 Å². The number of nitrogens with zero attached hydrogens (tertiary/aromatic N) is 2. The van der Waals surface area contributed by atoms with Crippen molar-refractivity contribution in [2.24, 2.45) is 0 Å². The number of nitrogen functional groups attached to an aromatic ring is 1. The average molecular weight is 227 g/mol. The molecule has 0 amide bonds. The summed E-state index contributed by atoms with van der Waals surface area (Å²) >= 11 is 0. The van der Waals surface area contributed by atoms with E-state index in [4.69, 9.17) is 5.73 Å². The van der Waals surface area contributed by atoms with Gasteiger partial charge >= 0.3 is 0 Å². The van der Waals surface area contributed by atoms with Crippen molar-refractivity contribution in [1.82, 2.24) is 4.98 Å². The molecule has 1 aromatic carbocycles. The van der Waals surface area contributed by atoms with Crippen molar-refractivity contribution in [3.05, 3.63) is 53.9 Å². The van der Waals surface area contributed by atoms with Crippen molar-refractivity contribution in [1.29, 1.82) is 0 Å². The van der Waals surface area contributed by atoms with E-state index < -0.39 is 0 Å². The molecule has 0 spiro atoms. The van der Waals surface area contributed by atoms with Crippen LogP contribution < -0.4 is 10.6 Å². The highest BCUT2D eigenvalue weighted by molar-refractivity contribution is 5.57. The summed E-state index contributed by atoms with van der Waals surface area (Å²) in [6.07, 6.45) is 1.82. The van der Waals surface area contributed by atoms with Gasteiger partial charge in [0, 0.05) is 24.6 Å². The van der Waals surface area contributed by atoms with E-state index in [1.54, 1.807) is 0 Å². The summed E-state index contributed by atoms with van der Waals surface area (Å²) in [6.45, 7) is 2.82. The highest BCUT2D eigenvalue weighted by Gasteiger charge is 2.04. The van der Waals surface area contributed by atoms with Gasteiger partial charge in [0.1, 0.15) is 0 Å². The molecule has 1 aromatic heterocycles. The number of hydrogen-bond donors (Lipinski definition) is 1. The quantitative estimate of drug-likeness (QED) is 0.819. The molecule has 2 N–H and O–H groups in total. The summed E-state index contributed by atoms with van der Waals surface area (Å²) in [5.74, 6) is 0. The lowest BCUT2D eigenvalue weighted by Gasteiger charge is -2.19. The fraction of sp³-hybridized carbons (Fsp3) is 0.214. The molecular formula is C14H17N3. The highest BCUT2D eigenvalue weighted by atomic mass is 15.1. The molecule has 2 aromatic rings. The van der Waals surface area contributed by atoms with Crippen LogP contribution in [0, 0.1) is 6.92 Å². The topological polar surface area (TPSA) is 42.2 Å². The minimum absolute atomic E-state index is 0.796. The van der Waals surface area contributed by atoms with E-state index in [-0.39, 0.29) is 0 Å². The van der Waals surface area contributed by atoms with Gasteiger partial charge in [-0.05, 0) is 42.8 Å². The van der Waals surface area contributed by atoms with Gasteiger partial charge in [0.15, 0.2) is 0 Å². The van der Waals surface area contributed by atoms with Gasteiger partial charge in [-0.15, -0.1) is 0 Å². The molecule has 0 aliphatic rings. The van der Waals surface area contributed by atoms with Gasteiger partial charge in [-0.25, -0.2) is 0 Å². The number of rotatable bonds is 3. The fourth-order valence-corrected chi connectivity index (χ4v) is 1.72. The van der Waals surface area contributed by atoms with Crippen LogP contribution >= 0.6 is 0 Å². The SMILES string of the molecule is Cc1cc(N(C)Cc2ccccn2)ccc1N. The van der Waals surface area contributed by atoms with Gasteiger partial charge in [-0.3, -0.25) is 4.98 Å². The van der Waals surface area contributed by atoms with Crippen molar-refractivity contribution >= 4 is 11.4 Å². The minimum atomic E-state index is 0.796. The van der Waals surface area contributed by atoms with Crippen LogP contribution in [-0.2, 0) is 6.54 Å². The second-order valence-corrected chi connectivity index (χ2v) is 4.22. The van der Waals surface area contributed by atoms with Crippen LogP contribution in [0.15, 0.2) is 42.6 Å². The standard InChI is InChI=1S/C14H17N3/c1-11-9-13(6-7-14(11)15)17(2)10-12-5-3-4-8-16-12/h3-9H,10,15H2,1-2H3. The van der Waals surface area contributed by atoms with Crippen LogP contribution in [0.25, 0.3) is 0 Å². The molecule has 88 valence electrons. The third-order valence-corrected chi connectivity index (χ3v) is 2.82. The number of hydrogen-bond acceptors (Lipinski definition) is 3. The number of benzene rings is 1. The molecule has 1 heterocycles. The van der Waals surface area contributed by atoms with Crippen LogP contribution in [-0.4, -0.2) is 12.0 Å². The summed E-state index contributed by atoms with van der Waals surface area (Å²) in [6, 6.07) is 12.0. The number of aromatic nitrogens is 1. The van der Waals surface area contributed by atoms with Crippen LogP contribution in [0.1, 0.15) is 11.3 Å². The van der Waals surface area contributed by atoms with Crippen LogP contribution in [0.3, 0.4) is 0 Å². The molecule has 0 aliphatic carbocycles. The third-order valence-electron chi connectivity index (χ3n) is 2.82. The molecule has 3 nitrogen and oxygen atoms in total. The first-order chi connectivity index (χ1) is 8.16. The first kappa shape index (κ1) is 11.5. The number of anilines is 2. The van der Waals surface area contributed by atoms with Gasteiger partial charge in [0.25, 0.3) is 0 Å². The first-order valence-corrected chi connectivity index (χ1v) is 5.64. The molecule has 0 radical (unpaired) electrons. The molecule has 0 saturated heterocycles. The summed E-state index contributed by atoms with van der Waals surface area (Å²) in [5, 5.41) is 0. The van der Waals surface area contributed by atoms with Crippen LogP contribution in [0.2, 0.25) is 0 Å². The maximum atomic E-state index is 5.81. The second-order valence-electron chi connectivity index (χ2n) is 4.22.